The number of hydrogen-bond donors (Lipinski definition) is 1. The van der Waals surface area contributed by atoms with E-state index < -0.39 is 0 Å². The molecule has 0 aliphatic carbocycles. The highest BCUT2D eigenvalue weighted by Gasteiger charge is 1.90. The number of nitrogens with zero attached hydrogens (tertiary/aromatic N) is 1. The van der Waals surface area contributed by atoms with Gasteiger partial charge in [0.2, 0.25) is 0 Å². The second kappa shape index (κ2) is 7.25. The minimum Gasteiger partial charge on any atom is -0.481 e. The van der Waals surface area contributed by atoms with Crippen LogP contribution in [-0.4, -0.2) is 12.5 Å². The normalized spacial score (nSPS) is 6.67. The maximum Gasteiger partial charge on any atom is 0.194 e. The summed E-state index contributed by atoms with van der Waals surface area (Å²) < 4.78 is 4.64. The fraction of sp³-hybridized carbons (Fsp3) is 0.600. The van der Waals surface area contributed by atoms with Crippen LogP contribution in [0.15, 0.2) is 0 Å². The van der Waals surface area contributed by atoms with Gasteiger partial charge in [0.25, 0.3) is 0 Å². The van der Waals surface area contributed by atoms with E-state index in [0.717, 1.165) is 0 Å². The Morgan fingerprint density at radius 1 is 1.78 bits per heavy atom. The predicted molar refractivity (Wildman–Crippen MR) is 36.8 cm³/mol. The topological polar surface area (TPSA) is 56.9 Å². The molecule has 0 aromatic rings. The summed E-state index contributed by atoms with van der Waals surface area (Å²) in [6, 6.07) is 1.80. The van der Waals surface area contributed by atoms with Crippen LogP contribution >= 0.6 is 12.4 Å². The monoisotopic (exact) mass is 148 g/mol. The number of ether oxygens (including phenoxy) is 1. The Hall–Kier alpha value is -0.750. The summed E-state index contributed by atoms with van der Waals surface area (Å²) in [5, 5.41) is 14.8. The zero-order valence-electron chi connectivity index (χ0n) is 5.18. The summed E-state index contributed by atoms with van der Waals surface area (Å²) in [4.78, 5) is 0. The summed E-state index contributed by atoms with van der Waals surface area (Å²) in [5.74, 6) is 0.0509. The van der Waals surface area contributed by atoms with Crippen LogP contribution in [0.2, 0.25) is 0 Å². The molecule has 4 heteroatoms. The van der Waals surface area contributed by atoms with Crippen LogP contribution in [-0.2, 0) is 4.74 Å². The molecule has 0 heterocycles. The summed E-state index contributed by atoms with van der Waals surface area (Å²) in [6.07, 6.45) is 0.0772. The van der Waals surface area contributed by atoms with E-state index in [9.17, 15) is 0 Å². The van der Waals surface area contributed by atoms with Gasteiger partial charge in [0.05, 0.1) is 12.7 Å². The molecule has 0 aromatic heterocycles. The zero-order valence-corrected chi connectivity index (χ0v) is 5.99. The molecule has 0 unspecified atom stereocenters. The van der Waals surface area contributed by atoms with Crippen LogP contribution in [0.3, 0.4) is 0 Å². The van der Waals surface area contributed by atoms with Crippen LogP contribution in [0, 0.1) is 16.7 Å². The standard InChI is InChI=1S/C5H8N2O.ClH/c1-2-8-5(7)3-4-6;/h7H,2-3H2,1H3;1H. The third-order valence-electron chi connectivity index (χ3n) is 0.558. The molecule has 0 radical (unpaired) electrons. The first-order valence-electron chi connectivity index (χ1n) is 2.38. The minimum atomic E-state index is 0. The molecule has 0 saturated heterocycles. The molecule has 0 aliphatic heterocycles. The molecule has 0 aliphatic rings. The van der Waals surface area contributed by atoms with Gasteiger partial charge in [-0.2, -0.15) is 5.26 Å². The third-order valence-corrected chi connectivity index (χ3v) is 0.558. The molecule has 0 saturated carbocycles. The summed E-state index contributed by atoms with van der Waals surface area (Å²) in [5.41, 5.74) is 0. The van der Waals surface area contributed by atoms with Crippen molar-refractivity contribution in [3.8, 4) is 6.07 Å². The van der Waals surface area contributed by atoms with Gasteiger partial charge < -0.3 is 4.74 Å². The van der Waals surface area contributed by atoms with Gasteiger partial charge in [-0.1, -0.05) is 0 Å². The lowest BCUT2D eigenvalue weighted by Gasteiger charge is -1.96. The summed E-state index contributed by atoms with van der Waals surface area (Å²) in [7, 11) is 0. The van der Waals surface area contributed by atoms with Crippen molar-refractivity contribution in [3.63, 3.8) is 0 Å². The van der Waals surface area contributed by atoms with Gasteiger partial charge in [0, 0.05) is 0 Å². The largest absolute Gasteiger partial charge is 0.481 e. The lowest BCUT2D eigenvalue weighted by Crippen LogP contribution is -2.00. The molecular formula is C5H9ClN2O. The number of halogens is 1. The fourth-order valence-electron chi connectivity index (χ4n) is 0.297. The number of hydrogen-bond acceptors (Lipinski definition) is 3. The molecule has 0 rings (SSSR count). The molecule has 0 atom stereocenters. The van der Waals surface area contributed by atoms with E-state index in [0.29, 0.717) is 6.61 Å². The SMILES string of the molecule is CCOC(=N)CC#N.Cl. The predicted octanol–water partition coefficient (Wildman–Crippen LogP) is 1.34. The average molecular weight is 149 g/mol. The summed E-state index contributed by atoms with van der Waals surface area (Å²) >= 11 is 0. The molecule has 1 N–H and O–H groups in total. The molecule has 0 aromatic carbocycles. The molecule has 3 nitrogen and oxygen atoms in total. The van der Waals surface area contributed by atoms with Gasteiger partial charge in [-0.15, -0.1) is 12.4 Å². The first-order chi connectivity index (χ1) is 3.81. The fourth-order valence-corrected chi connectivity index (χ4v) is 0.297. The molecule has 0 amide bonds. The van der Waals surface area contributed by atoms with Crippen LogP contribution in [0.5, 0.6) is 0 Å². The quantitative estimate of drug-likeness (QED) is 0.475. The van der Waals surface area contributed by atoms with E-state index >= 15 is 0 Å². The maximum absolute atomic E-state index is 7.99. The maximum atomic E-state index is 7.99. The van der Waals surface area contributed by atoms with Gasteiger partial charge in [-0.3, -0.25) is 5.41 Å². The van der Waals surface area contributed by atoms with Crippen molar-refractivity contribution in [2.75, 3.05) is 6.61 Å². The Morgan fingerprint density at radius 2 is 2.33 bits per heavy atom. The van der Waals surface area contributed by atoms with Crippen molar-refractivity contribution in [2.24, 2.45) is 0 Å². The van der Waals surface area contributed by atoms with Gasteiger partial charge in [0.1, 0.15) is 6.42 Å². The number of nitriles is 1. The molecule has 9 heavy (non-hydrogen) atoms. The smallest absolute Gasteiger partial charge is 0.194 e. The first kappa shape index (κ1) is 11.1. The van der Waals surface area contributed by atoms with E-state index in [1.165, 1.54) is 0 Å². The Balaban J connectivity index is 0. The minimum absolute atomic E-state index is 0. The second-order valence-electron chi connectivity index (χ2n) is 1.19. The molecule has 52 valence electrons. The van der Waals surface area contributed by atoms with Gasteiger partial charge >= 0.3 is 0 Å². The van der Waals surface area contributed by atoms with E-state index in [4.69, 9.17) is 10.7 Å². The Bertz CT molecular complexity index is 119. The van der Waals surface area contributed by atoms with Crippen molar-refractivity contribution in [3.05, 3.63) is 0 Å². The van der Waals surface area contributed by atoms with Crippen molar-refractivity contribution in [2.45, 2.75) is 13.3 Å². The highest BCUT2D eigenvalue weighted by atomic mass is 35.5. The van der Waals surface area contributed by atoms with Crippen LogP contribution in [0.4, 0.5) is 0 Å². The van der Waals surface area contributed by atoms with Crippen LogP contribution < -0.4 is 0 Å². The van der Waals surface area contributed by atoms with Crippen molar-refractivity contribution in [1.82, 2.24) is 0 Å². The number of nitrogens with one attached hydrogen (secondary N) is 1. The van der Waals surface area contributed by atoms with Crippen molar-refractivity contribution < 1.29 is 4.74 Å². The average Bonchev–Trinajstić information content (AvgIpc) is 1.68. The second-order valence-corrected chi connectivity index (χ2v) is 1.19. The van der Waals surface area contributed by atoms with Crippen molar-refractivity contribution in [1.29, 1.82) is 10.7 Å². The zero-order chi connectivity index (χ0) is 6.41. The molecule has 0 fully saturated rings. The van der Waals surface area contributed by atoms with Gasteiger partial charge in [-0.05, 0) is 6.92 Å². The molecule has 0 bridgehead atoms. The van der Waals surface area contributed by atoms with Gasteiger partial charge in [-0.25, -0.2) is 0 Å². The van der Waals surface area contributed by atoms with Gasteiger partial charge in [0.15, 0.2) is 5.90 Å². The van der Waals surface area contributed by atoms with E-state index in [-0.39, 0.29) is 24.7 Å². The first-order valence-corrected chi connectivity index (χ1v) is 2.38. The van der Waals surface area contributed by atoms with E-state index in [1.807, 2.05) is 0 Å². The van der Waals surface area contributed by atoms with Crippen LogP contribution in [0.25, 0.3) is 0 Å². The lowest BCUT2D eigenvalue weighted by molar-refractivity contribution is 0.318. The molecular weight excluding hydrogens is 140 g/mol. The van der Waals surface area contributed by atoms with E-state index in [2.05, 4.69) is 4.74 Å². The lowest BCUT2D eigenvalue weighted by atomic mass is 10.5. The Labute approximate surface area is 60.5 Å². The third kappa shape index (κ3) is 7.25. The molecule has 0 spiro atoms. The highest BCUT2D eigenvalue weighted by Crippen LogP contribution is 1.82. The number of rotatable bonds is 2. The highest BCUT2D eigenvalue weighted by molar-refractivity contribution is 5.85. The van der Waals surface area contributed by atoms with Crippen LogP contribution in [0.1, 0.15) is 13.3 Å². The Morgan fingerprint density at radius 3 is 2.67 bits per heavy atom. The Kier molecular flexibility index (Phi) is 8.94. The summed E-state index contributed by atoms with van der Waals surface area (Å²) in [6.45, 7) is 2.26. The van der Waals surface area contributed by atoms with Crippen molar-refractivity contribution >= 4 is 18.3 Å². The van der Waals surface area contributed by atoms with E-state index in [1.54, 1.807) is 13.0 Å².